The lowest BCUT2D eigenvalue weighted by Gasteiger charge is -2.19. The van der Waals surface area contributed by atoms with E-state index >= 15 is 0 Å². The summed E-state index contributed by atoms with van der Waals surface area (Å²) < 4.78 is 12.1. The summed E-state index contributed by atoms with van der Waals surface area (Å²) in [4.78, 5) is 0. The summed E-state index contributed by atoms with van der Waals surface area (Å²) in [5.74, 6) is 0.516. The fourth-order valence-electron chi connectivity index (χ4n) is 1.94. The van der Waals surface area contributed by atoms with Gasteiger partial charge < -0.3 is 14.8 Å². The third kappa shape index (κ3) is 5.38. The summed E-state index contributed by atoms with van der Waals surface area (Å²) in [5, 5.41) is 11.5. The van der Waals surface area contributed by atoms with Gasteiger partial charge in [0.2, 0.25) is 6.23 Å². The third-order valence-corrected chi connectivity index (χ3v) is 3.35. The molecule has 2 unspecified atom stereocenters. The van der Waals surface area contributed by atoms with Crippen molar-refractivity contribution in [3.8, 4) is 6.07 Å². The first-order valence-electron chi connectivity index (χ1n) is 6.71. The van der Waals surface area contributed by atoms with Gasteiger partial charge in [0.05, 0.1) is 24.8 Å². The number of nitrogens with zero attached hydrogens (tertiary/aromatic N) is 2. The summed E-state index contributed by atoms with van der Waals surface area (Å²) >= 11 is 6.16. The van der Waals surface area contributed by atoms with E-state index in [4.69, 9.17) is 32.1 Å². The summed E-state index contributed by atoms with van der Waals surface area (Å²) in [6, 6.07) is 5.74. The van der Waals surface area contributed by atoms with E-state index in [1.807, 2.05) is 18.2 Å². The van der Waals surface area contributed by atoms with Gasteiger partial charge in [-0.1, -0.05) is 0 Å². The molecule has 3 N–H and O–H groups in total. The maximum Gasteiger partial charge on any atom is 0.276 e. The number of anilines is 2. The maximum absolute atomic E-state index is 8.73. The zero-order chi connectivity index (χ0) is 15.7. The highest BCUT2D eigenvalue weighted by Crippen LogP contribution is 2.18. The topological polar surface area (TPSA) is 84.2 Å². The molecule has 21 heavy (non-hydrogen) atoms. The van der Waals surface area contributed by atoms with Crippen LogP contribution >= 0.6 is 11.6 Å². The summed E-state index contributed by atoms with van der Waals surface area (Å²) in [7, 11) is 3.22. The van der Waals surface area contributed by atoms with Crippen LogP contribution < -0.4 is 15.6 Å². The largest absolute Gasteiger partial charge is 0.385 e. The Labute approximate surface area is 130 Å². The van der Waals surface area contributed by atoms with Crippen LogP contribution in [-0.2, 0) is 9.47 Å². The van der Waals surface area contributed by atoms with Crippen LogP contribution in [0, 0.1) is 11.3 Å². The highest BCUT2D eigenvalue weighted by atomic mass is 35.5. The second-order valence-electron chi connectivity index (χ2n) is 4.53. The van der Waals surface area contributed by atoms with Crippen LogP contribution in [0.25, 0.3) is 0 Å². The van der Waals surface area contributed by atoms with E-state index in [9.17, 15) is 0 Å². The van der Waals surface area contributed by atoms with Gasteiger partial charge in [0.25, 0.3) is 5.82 Å². The van der Waals surface area contributed by atoms with Gasteiger partial charge >= 0.3 is 0 Å². The molecule has 0 aromatic carbocycles. The smallest absolute Gasteiger partial charge is 0.276 e. The number of ether oxygens (including phenoxy) is 2. The number of aromatic nitrogens is 1. The second kappa shape index (κ2) is 9.40. The maximum atomic E-state index is 8.73. The van der Waals surface area contributed by atoms with Crippen molar-refractivity contribution in [2.75, 3.05) is 38.4 Å². The van der Waals surface area contributed by atoms with Gasteiger partial charge in [-0.25, -0.2) is 4.57 Å². The van der Waals surface area contributed by atoms with Crippen LogP contribution in [0.15, 0.2) is 18.3 Å². The van der Waals surface area contributed by atoms with Crippen LogP contribution in [0.4, 0.5) is 11.5 Å². The molecular formula is C14H22ClN4O2+. The van der Waals surface area contributed by atoms with E-state index in [0.717, 1.165) is 18.7 Å². The van der Waals surface area contributed by atoms with E-state index in [1.54, 1.807) is 25.0 Å². The number of methoxy groups -OCH3 is 2. The molecule has 0 bridgehead atoms. The molecule has 0 saturated heterocycles. The molecule has 0 radical (unpaired) electrons. The number of nitrogens with two attached hydrogens (primary N) is 1. The Morgan fingerprint density at radius 2 is 2.29 bits per heavy atom. The third-order valence-electron chi connectivity index (χ3n) is 2.98. The molecular weight excluding hydrogens is 292 g/mol. The molecule has 1 aromatic rings. The van der Waals surface area contributed by atoms with E-state index < -0.39 is 11.6 Å². The second-order valence-corrected chi connectivity index (χ2v) is 5.09. The quantitative estimate of drug-likeness (QED) is 0.411. The van der Waals surface area contributed by atoms with E-state index in [2.05, 4.69) is 5.32 Å². The summed E-state index contributed by atoms with van der Waals surface area (Å²) in [5.41, 5.74) is 6.96. The molecule has 0 aliphatic carbocycles. The van der Waals surface area contributed by atoms with Crippen molar-refractivity contribution in [1.82, 2.24) is 0 Å². The van der Waals surface area contributed by atoms with Gasteiger partial charge in [0.15, 0.2) is 0 Å². The zero-order valence-electron chi connectivity index (χ0n) is 12.4. The molecule has 2 atom stereocenters. The molecule has 7 heteroatoms. The van der Waals surface area contributed by atoms with Crippen molar-refractivity contribution in [2.24, 2.45) is 0 Å². The first-order valence-corrected chi connectivity index (χ1v) is 7.15. The molecule has 0 aliphatic heterocycles. The monoisotopic (exact) mass is 313 g/mol. The molecule has 0 amide bonds. The van der Waals surface area contributed by atoms with Crippen LogP contribution in [0.2, 0.25) is 0 Å². The van der Waals surface area contributed by atoms with Gasteiger partial charge in [-0.2, -0.15) is 5.26 Å². The van der Waals surface area contributed by atoms with Crippen LogP contribution in [0.5, 0.6) is 0 Å². The van der Waals surface area contributed by atoms with Gasteiger partial charge in [0.1, 0.15) is 5.38 Å². The number of rotatable bonds is 9. The van der Waals surface area contributed by atoms with Crippen molar-refractivity contribution in [1.29, 1.82) is 5.26 Å². The Morgan fingerprint density at radius 3 is 2.86 bits per heavy atom. The Kier molecular flexibility index (Phi) is 7.83. The molecule has 1 aromatic heterocycles. The Hall–Kier alpha value is -1.55. The number of nitrogens with one attached hydrogen (secondary N) is 1. The first kappa shape index (κ1) is 17.5. The van der Waals surface area contributed by atoms with Crippen LogP contribution in [0.3, 0.4) is 0 Å². The SMILES string of the molecule is COCCCNc1cc[n+](C(OC)C(Cl)CC#N)c(N)c1. The standard InChI is InChI=1S/C14H21ClN4O2/c1-20-9-3-7-18-11-5-8-19(13(17)10-11)14(21-2)12(15)4-6-16/h5,8,10,12,14H,3-4,7,9H2,1-2H3,(H2,17,18)/p+1. The molecule has 0 fully saturated rings. The summed E-state index contributed by atoms with van der Waals surface area (Å²) in [6.07, 6.45) is 2.42. The van der Waals surface area contributed by atoms with Gasteiger partial charge in [-0.05, 0) is 6.42 Å². The van der Waals surface area contributed by atoms with Crippen LogP contribution in [-0.4, -0.2) is 32.7 Å². The van der Waals surface area contributed by atoms with Gasteiger partial charge in [-0.15, -0.1) is 11.6 Å². The van der Waals surface area contributed by atoms with Gasteiger partial charge in [-0.3, -0.25) is 5.73 Å². The zero-order valence-corrected chi connectivity index (χ0v) is 13.1. The van der Waals surface area contributed by atoms with Crippen molar-refractivity contribution in [3.05, 3.63) is 18.3 Å². The predicted molar refractivity (Wildman–Crippen MR) is 81.9 cm³/mol. The number of nitrogen functional groups attached to an aromatic ring is 1. The Balaban J connectivity index is 2.74. The minimum absolute atomic E-state index is 0.184. The van der Waals surface area contributed by atoms with E-state index in [0.29, 0.717) is 12.4 Å². The first-order chi connectivity index (χ1) is 10.1. The number of alkyl halides is 1. The number of halogens is 1. The molecule has 0 spiro atoms. The number of pyridine rings is 1. The minimum atomic E-state index is -0.478. The molecule has 1 heterocycles. The highest BCUT2D eigenvalue weighted by Gasteiger charge is 2.26. The predicted octanol–water partition coefficient (Wildman–Crippen LogP) is 1.67. The summed E-state index contributed by atoms with van der Waals surface area (Å²) in [6.45, 7) is 1.51. The molecule has 6 nitrogen and oxygen atoms in total. The number of hydrogen-bond donors (Lipinski definition) is 2. The minimum Gasteiger partial charge on any atom is -0.385 e. The molecule has 0 aliphatic rings. The Morgan fingerprint density at radius 1 is 1.52 bits per heavy atom. The van der Waals surface area contributed by atoms with Crippen molar-refractivity contribution < 1.29 is 14.0 Å². The normalized spacial score (nSPS) is 13.4. The van der Waals surface area contributed by atoms with Crippen molar-refractivity contribution in [2.45, 2.75) is 24.4 Å². The van der Waals surface area contributed by atoms with E-state index in [-0.39, 0.29) is 6.42 Å². The molecule has 0 saturated carbocycles. The molecule has 1 rings (SSSR count). The molecule has 116 valence electrons. The van der Waals surface area contributed by atoms with Gasteiger partial charge in [0, 0.05) is 39.1 Å². The van der Waals surface area contributed by atoms with Crippen LogP contribution in [0.1, 0.15) is 19.1 Å². The Bertz CT molecular complexity index is 479. The number of hydrogen-bond acceptors (Lipinski definition) is 5. The average Bonchev–Trinajstić information content (AvgIpc) is 2.47. The lowest BCUT2D eigenvalue weighted by atomic mass is 10.2. The van der Waals surface area contributed by atoms with E-state index in [1.165, 1.54) is 0 Å². The highest BCUT2D eigenvalue weighted by molar-refractivity contribution is 6.20. The fourth-order valence-corrected chi connectivity index (χ4v) is 2.24. The fraction of sp³-hybridized carbons (Fsp3) is 0.571. The van der Waals surface area contributed by atoms with Crippen molar-refractivity contribution >= 4 is 23.1 Å². The lowest BCUT2D eigenvalue weighted by Crippen LogP contribution is -2.47. The van der Waals surface area contributed by atoms with Crippen molar-refractivity contribution in [3.63, 3.8) is 0 Å². The number of nitriles is 1. The lowest BCUT2D eigenvalue weighted by molar-refractivity contribution is -0.747. The average molecular weight is 314 g/mol.